The molecule has 0 radical (unpaired) electrons. The largest absolute Gasteiger partial charge is 0.493 e. The van der Waals surface area contributed by atoms with E-state index in [0.717, 1.165) is 5.56 Å². The van der Waals surface area contributed by atoms with Crippen molar-refractivity contribution >= 4 is 24.0 Å². The molecule has 0 aliphatic carbocycles. The molecule has 0 unspecified atom stereocenters. The molecule has 2 rings (SSSR count). The van der Waals surface area contributed by atoms with E-state index >= 15 is 0 Å². The van der Waals surface area contributed by atoms with Crippen LogP contribution in [0.2, 0.25) is 5.02 Å². The molecule has 0 fully saturated rings. The monoisotopic (exact) mass is 302 g/mol. The smallest absolute Gasteiger partial charge is 0.180 e. The maximum atomic E-state index is 10.8. The number of carbonyl (C=O) groups excluding carboxylic acids is 1. The minimum absolute atomic E-state index is 0.351. The SMILES string of the molecule is COc1cc(C=O)cc(Cl)c1OC/C=C/c1ccccc1. The van der Waals surface area contributed by atoms with E-state index in [2.05, 4.69) is 0 Å². The van der Waals surface area contributed by atoms with Crippen LogP contribution in [-0.2, 0) is 0 Å². The van der Waals surface area contributed by atoms with E-state index in [-0.39, 0.29) is 0 Å². The van der Waals surface area contributed by atoms with Crippen molar-refractivity contribution in [1.82, 2.24) is 0 Å². The van der Waals surface area contributed by atoms with Crippen LogP contribution in [0, 0.1) is 0 Å². The summed E-state index contributed by atoms with van der Waals surface area (Å²) in [4.78, 5) is 10.8. The highest BCUT2D eigenvalue weighted by Gasteiger charge is 2.11. The van der Waals surface area contributed by atoms with Gasteiger partial charge in [-0.05, 0) is 23.8 Å². The van der Waals surface area contributed by atoms with Gasteiger partial charge in [-0.15, -0.1) is 0 Å². The van der Waals surface area contributed by atoms with Crippen LogP contribution in [0.1, 0.15) is 15.9 Å². The van der Waals surface area contributed by atoms with Crippen LogP contribution >= 0.6 is 11.6 Å². The average molecular weight is 303 g/mol. The predicted molar refractivity (Wildman–Crippen MR) is 84.4 cm³/mol. The fourth-order valence-electron chi connectivity index (χ4n) is 1.83. The molecule has 0 aliphatic rings. The molecule has 3 nitrogen and oxygen atoms in total. The van der Waals surface area contributed by atoms with E-state index < -0.39 is 0 Å². The van der Waals surface area contributed by atoms with Crippen LogP contribution in [-0.4, -0.2) is 20.0 Å². The summed E-state index contributed by atoms with van der Waals surface area (Å²) in [5, 5.41) is 0.351. The Morgan fingerprint density at radius 3 is 2.57 bits per heavy atom. The molecule has 4 heteroatoms. The fourth-order valence-corrected chi connectivity index (χ4v) is 2.10. The molecule has 0 spiro atoms. The van der Waals surface area contributed by atoms with E-state index in [1.165, 1.54) is 7.11 Å². The second kappa shape index (κ2) is 7.50. The molecule has 0 aliphatic heterocycles. The van der Waals surface area contributed by atoms with Crippen LogP contribution in [0.5, 0.6) is 11.5 Å². The molecule has 0 heterocycles. The Hall–Kier alpha value is -2.26. The van der Waals surface area contributed by atoms with Crippen molar-refractivity contribution < 1.29 is 14.3 Å². The lowest BCUT2D eigenvalue weighted by molar-refractivity contribution is 0.112. The van der Waals surface area contributed by atoms with Gasteiger partial charge < -0.3 is 9.47 Å². The number of halogens is 1. The standard InChI is InChI=1S/C17H15ClO3/c1-20-16-11-14(12-19)10-15(18)17(16)21-9-5-8-13-6-3-2-4-7-13/h2-8,10-12H,9H2,1H3/b8-5+. The zero-order valence-corrected chi connectivity index (χ0v) is 12.3. The highest BCUT2D eigenvalue weighted by atomic mass is 35.5. The third kappa shape index (κ3) is 4.10. The Labute approximate surface area is 128 Å². The summed E-state index contributed by atoms with van der Waals surface area (Å²) in [6.45, 7) is 0.353. The number of aldehydes is 1. The number of hydrogen-bond donors (Lipinski definition) is 0. The first-order chi connectivity index (χ1) is 10.2. The quantitative estimate of drug-likeness (QED) is 0.748. The van der Waals surface area contributed by atoms with Gasteiger partial charge >= 0.3 is 0 Å². The number of carbonyl (C=O) groups is 1. The van der Waals surface area contributed by atoms with Crippen LogP contribution in [0.15, 0.2) is 48.5 Å². The van der Waals surface area contributed by atoms with Gasteiger partial charge in [0.1, 0.15) is 12.9 Å². The maximum Gasteiger partial charge on any atom is 0.180 e. The molecule has 0 bridgehead atoms. The van der Waals surface area contributed by atoms with Gasteiger partial charge in [-0.25, -0.2) is 0 Å². The molecule has 108 valence electrons. The molecule has 0 N–H and O–H groups in total. The molecule has 2 aromatic carbocycles. The second-order valence-corrected chi connectivity index (χ2v) is 4.68. The summed E-state index contributed by atoms with van der Waals surface area (Å²) in [7, 11) is 1.51. The van der Waals surface area contributed by atoms with E-state index in [4.69, 9.17) is 21.1 Å². The lowest BCUT2D eigenvalue weighted by Crippen LogP contribution is -1.98. The van der Waals surface area contributed by atoms with Crippen molar-refractivity contribution in [2.45, 2.75) is 0 Å². The van der Waals surface area contributed by atoms with E-state index in [0.29, 0.717) is 35.0 Å². The topological polar surface area (TPSA) is 35.5 Å². The number of ether oxygens (including phenoxy) is 2. The summed E-state index contributed by atoms with van der Waals surface area (Å²) >= 11 is 6.10. The van der Waals surface area contributed by atoms with Gasteiger partial charge in [-0.1, -0.05) is 48.0 Å². The van der Waals surface area contributed by atoms with Gasteiger partial charge in [0.15, 0.2) is 11.5 Å². The van der Waals surface area contributed by atoms with Crippen molar-refractivity contribution in [3.05, 3.63) is 64.7 Å². The maximum absolute atomic E-state index is 10.8. The van der Waals surface area contributed by atoms with Crippen molar-refractivity contribution in [3.63, 3.8) is 0 Å². The van der Waals surface area contributed by atoms with Gasteiger partial charge in [-0.3, -0.25) is 4.79 Å². The third-order valence-corrected chi connectivity index (χ3v) is 3.10. The molecule has 0 atom stereocenters. The van der Waals surface area contributed by atoms with Gasteiger partial charge in [0.25, 0.3) is 0 Å². The van der Waals surface area contributed by atoms with Gasteiger partial charge in [0.2, 0.25) is 0 Å². The van der Waals surface area contributed by atoms with Crippen LogP contribution in [0.25, 0.3) is 6.08 Å². The molecule has 0 amide bonds. The number of benzene rings is 2. The van der Waals surface area contributed by atoms with Crippen LogP contribution in [0.3, 0.4) is 0 Å². The lowest BCUT2D eigenvalue weighted by atomic mass is 10.2. The Kier molecular flexibility index (Phi) is 5.41. The van der Waals surface area contributed by atoms with E-state index in [1.54, 1.807) is 12.1 Å². The highest BCUT2D eigenvalue weighted by molar-refractivity contribution is 6.32. The molecule has 0 saturated heterocycles. The highest BCUT2D eigenvalue weighted by Crippen LogP contribution is 2.36. The second-order valence-electron chi connectivity index (χ2n) is 4.28. The van der Waals surface area contributed by atoms with Crippen molar-refractivity contribution in [2.24, 2.45) is 0 Å². The first-order valence-electron chi connectivity index (χ1n) is 6.41. The van der Waals surface area contributed by atoms with Gasteiger partial charge in [0, 0.05) is 5.56 Å². The molecular weight excluding hydrogens is 288 g/mol. The lowest BCUT2D eigenvalue weighted by Gasteiger charge is -2.11. The van der Waals surface area contributed by atoms with Crippen molar-refractivity contribution in [3.8, 4) is 11.5 Å². The Morgan fingerprint density at radius 1 is 1.14 bits per heavy atom. The van der Waals surface area contributed by atoms with Crippen molar-refractivity contribution in [1.29, 1.82) is 0 Å². The summed E-state index contributed by atoms with van der Waals surface area (Å²) in [5.74, 6) is 0.875. The summed E-state index contributed by atoms with van der Waals surface area (Å²) < 4.78 is 10.8. The van der Waals surface area contributed by atoms with Crippen molar-refractivity contribution in [2.75, 3.05) is 13.7 Å². The van der Waals surface area contributed by atoms with E-state index in [1.807, 2.05) is 42.5 Å². The fraction of sp³-hybridized carbons (Fsp3) is 0.118. The Morgan fingerprint density at radius 2 is 1.90 bits per heavy atom. The average Bonchev–Trinajstić information content (AvgIpc) is 2.53. The molecule has 0 saturated carbocycles. The normalized spacial score (nSPS) is 10.6. The first-order valence-corrected chi connectivity index (χ1v) is 6.79. The number of rotatable bonds is 6. The third-order valence-electron chi connectivity index (χ3n) is 2.82. The molecule has 2 aromatic rings. The summed E-state index contributed by atoms with van der Waals surface area (Å²) in [5.41, 5.74) is 1.54. The van der Waals surface area contributed by atoms with Gasteiger partial charge in [-0.2, -0.15) is 0 Å². The minimum Gasteiger partial charge on any atom is -0.493 e. The van der Waals surface area contributed by atoms with Gasteiger partial charge in [0.05, 0.1) is 12.1 Å². The molecule has 21 heavy (non-hydrogen) atoms. The molecular formula is C17H15ClO3. The zero-order chi connectivity index (χ0) is 15.1. The predicted octanol–water partition coefficient (Wildman–Crippen LogP) is 4.25. The Balaban J connectivity index is 2.06. The van der Waals surface area contributed by atoms with Crippen LogP contribution < -0.4 is 9.47 Å². The number of hydrogen-bond acceptors (Lipinski definition) is 3. The number of methoxy groups -OCH3 is 1. The van der Waals surface area contributed by atoms with E-state index in [9.17, 15) is 4.79 Å². The minimum atomic E-state index is 0.351. The summed E-state index contributed by atoms with van der Waals surface area (Å²) in [6.07, 6.45) is 4.56. The zero-order valence-electron chi connectivity index (χ0n) is 11.6. The summed E-state index contributed by atoms with van der Waals surface area (Å²) in [6, 6.07) is 13.1. The van der Waals surface area contributed by atoms with Crippen LogP contribution in [0.4, 0.5) is 0 Å². The first kappa shape index (κ1) is 15.1. The Bertz CT molecular complexity index is 636. The molecule has 0 aromatic heterocycles.